The van der Waals surface area contributed by atoms with Crippen molar-refractivity contribution in [2.45, 2.75) is 32.7 Å². The van der Waals surface area contributed by atoms with Crippen LogP contribution in [0.15, 0.2) is 29.3 Å². The summed E-state index contributed by atoms with van der Waals surface area (Å²) in [6, 6.07) is 7.46. The van der Waals surface area contributed by atoms with Crippen molar-refractivity contribution in [3.63, 3.8) is 0 Å². The van der Waals surface area contributed by atoms with Gasteiger partial charge in [-0.05, 0) is 37.5 Å². The molecule has 0 unspecified atom stereocenters. The molecule has 0 spiro atoms. The Labute approximate surface area is 178 Å². The van der Waals surface area contributed by atoms with Gasteiger partial charge in [0.25, 0.3) is 5.91 Å². The molecule has 1 aromatic carbocycles. The van der Waals surface area contributed by atoms with Gasteiger partial charge < -0.3 is 20.9 Å². The Kier molecular flexibility index (Phi) is 10.8. The van der Waals surface area contributed by atoms with E-state index in [1.165, 1.54) is 0 Å². The van der Waals surface area contributed by atoms with E-state index in [2.05, 4.69) is 20.9 Å². The summed E-state index contributed by atoms with van der Waals surface area (Å²) in [7, 11) is 1.62. The van der Waals surface area contributed by atoms with Crippen molar-refractivity contribution in [2.24, 2.45) is 4.99 Å². The van der Waals surface area contributed by atoms with Crippen LogP contribution in [0.3, 0.4) is 0 Å². The van der Waals surface area contributed by atoms with E-state index in [0.717, 1.165) is 50.5 Å². The average Bonchev–Trinajstić information content (AvgIpc) is 3.07. The number of likely N-dealkylation sites (tertiary alicyclic amines) is 1. The van der Waals surface area contributed by atoms with Crippen LogP contribution in [0.1, 0.15) is 42.1 Å². The average molecular weight is 487 g/mol. The number of aliphatic imine (C=N–C) groups is 1. The van der Waals surface area contributed by atoms with E-state index in [1.807, 2.05) is 30.0 Å². The van der Waals surface area contributed by atoms with Gasteiger partial charge in [0.05, 0.1) is 6.54 Å². The van der Waals surface area contributed by atoms with Gasteiger partial charge in [-0.25, -0.2) is 4.99 Å². The quantitative estimate of drug-likeness (QED) is 0.226. The van der Waals surface area contributed by atoms with E-state index < -0.39 is 0 Å². The molecule has 7 nitrogen and oxygen atoms in total. The van der Waals surface area contributed by atoms with E-state index in [0.29, 0.717) is 18.5 Å². The van der Waals surface area contributed by atoms with E-state index in [4.69, 9.17) is 0 Å². The number of guanidine groups is 1. The predicted molar refractivity (Wildman–Crippen MR) is 118 cm³/mol. The number of hydrogen-bond donors (Lipinski definition) is 3. The lowest BCUT2D eigenvalue weighted by Crippen LogP contribution is -2.39. The van der Waals surface area contributed by atoms with E-state index in [9.17, 15) is 9.59 Å². The summed E-state index contributed by atoms with van der Waals surface area (Å²) in [6.07, 6.45) is 2.56. The summed E-state index contributed by atoms with van der Waals surface area (Å²) < 4.78 is 0. The summed E-state index contributed by atoms with van der Waals surface area (Å²) in [6.45, 7) is 5.72. The van der Waals surface area contributed by atoms with Crippen LogP contribution < -0.4 is 16.0 Å². The lowest BCUT2D eigenvalue weighted by atomic mass is 10.1. The minimum absolute atomic E-state index is 0. The lowest BCUT2D eigenvalue weighted by molar-refractivity contribution is -0.127. The van der Waals surface area contributed by atoms with Crippen LogP contribution in [-0.4, -0.2) is 55.9 Å². The minimum Gasteiger partial charge on any atom is -0.357 e. The fourth-order valence-corrected chi connectivity index (χ4v) is 2.88. The zero-order chi connectivity index (χ0) is 18.8. The molecule has 8 heteroatoms. The third-order valence-corrected chi connectivity index (χ3v) is 4.25. The van der Waals surface area contributed by atoms with Gasteiger partial charge in [0.1, 0.15) is 0 Å². The normalized spacial score (nSPS) is 13.9. The number of halogens is 1. The molecule has 2 rings (SSSR count). The van der Waals surface area contributed by atoms with Gasteiger partial charge in [-0.2, -0.15) is 0 Å². The van der Waals surface area contributed by atoms with Crippen LogP contribution in [0.2, 0.25) is 0 Å². The number of amides is 2. The highest BCUT2D eigenvalue weighted by Crippen LogP contribution is 2.09. The van der Waals surface area contributed by atoms with Crippen molar-refractivity contribution in [3.8, 4) is 0 Å². The molecule has 1 aliphatic rings. The second-order valence-electron chi connectivity index (χ2n) is 6.24. The van der Waals surface area contributed by atoms with Gasteiger partial charge in [-0.3, -0.25) is 9.59 Å². The van der Waals surface area contributed by atoms with Crippen molar-refractivity contribution in [1.29, 1.82) is 0 Å². The Balaban J connectivity index is 0.00000364. The molecule has 3 N–H and O–H groups in total. The Morgan fingerprint density at radius 2 is 2.11 bits per heavy atom. The second-order valence-corrected chi connectivity index (χ2v) is 6.24. The SMILES string of the molecule is CCNC(=NCc1cccc(C(=O)NC)c1)NCCCN1CCCC1=O.I. The summed E-state index contributed by atoms with van der Waals surface area (Å²) in [5.74, 6) is 0.907. The standard InChI is InChI=1S/C19H29N5O2.HI/c1-3-21-19(22-10-6-12-24-11-5-9-17(24)25)23-14-15-7-4-8-16(13-15)18(26)20-2;/h4,7-8,13H,3,5-6,9-12,14H2,1-2H3,(H,20,26)(H2,21,22,23);1H. The molecule has 0 radical (unpaired) electrons. The van der Waals surface area contributed by atoms with Crippen molar-refractivity contribution in [3.05, 3.63) is 35.4 Å². The molecule has 1 saturated heterocycles. The number of hydrogen-bond acceptors (Lipinski definition) is 3. The largest absolute Gasteiger partial charge is 0.357 e. The lowest BCUT2D eigenvalue weighted by Gasteiger charge is -2.16. The molecule has 1 aromatic rings. The molecular weight excluding hydrogens is 457 g/mol. The van der Waals surface area contributed by atoms with Crippen LogP contribution >= 0.6 is 24.0 Å². The topological polar surface area (TPSA) is 85.8 Å². The summed E-state index contributed by atoms with van der Waals surface area (Å²) in [4.78, 5) is 29.8. The molecule has 0 saturated carbocycles. The van der Waals surface area contributed by atoms with Gasteiger partial charge in [-0.15, -0.1) is 24.0 Å². The molecular formula is C19H30IN5O2. The maximum atomic E-state index is 11.7. The van der Waals surface area contributed by atoms with Crippen LogP contribution in [-0.2, 0) is 11.3 Å². The highest BCUT2D eigenvalue weighted by Gasteiger charge is 2.18. The van der Waals surface area contributed by atoms with Gasteiger partial charge in [0, 0.05) is 45.2 Å². The summed E-state index contributed by atoms with van der Waals surface area (Å²) in [5.41, 5.74) is 1.61. The fourth-order valence-electron chi connectivity index (χ4n) is 2.88. The molecule has 2 amide bonds. The monoisotopic (exact) mass is 487 g/mol. The molecule has 0 aliphatic carbocycles. The molecule has 0 bridgehead atoms. The van der Waals surface area contributed by atoms with Crippen molar-refractivity contribution in [1.82, 2.24) is 20.9 Å². The molecule has 27 heavy (non-hydrogen) atoms. The van der Waals surface area contributed by atoms with Gasteiger partial charge in [0.15, 0.2) is 5.96 Å². The molecule has 150 valence electrons. The molecule has 1 fully saturated rings. The van der Waals surface area contributed by atoms with Gasteiger partial charge in [-0.1, -0.05) is 12.1 Å². The van der Waals surface area contributed by atoms with Crippen LogP contribution in [0, 0.1) is 0 Å². The first-order valence-electron chi connectivity index (χ1n) is 9.25. The molecule has 1 heterocycles. The maximum Gasteiger partial charge on any atom is 0.251 e. The molecule has 0 aromatic heterocycles. The van der Waals surface area contributed by atoms with Crippen LogP contribution in [0.4, 0.5) is 0 Å². The number of carbonyl (C=O) groups is 2. The number of nitrogens with one attached hydrogen (secondary N) is 3. The number of rotatable bonds is 8. The Hall–Kier alpha value is -1.84. The Morgan fingerprint density at radius 3 is 2.78 bits per heavy atom. The highest BCUT2D eigenvalue weighted by atomic mass is 127. The minimum atomic E-state index is -0.0997. The third-order valence-electron chi connectivity index (χ3n) is 4.25. The van der Waals surface area contributed by atoms with E-state index >= 15 is 0 Å². The van der Waals surface area contributed by atoms with E-state index in [-0.39, 0.29) is 35.8 Å². The number of carbonyl (C=O) groups excluding carboxylic acids is 2. The zero-order valence-electron chi connectivity index (χ0n) is 16.1. The first-order valence-corrected chi connectivity index (χ1v) is 9.25. The van der Waals surface area contributed by atoms with Crippen molar-refractivity contribution in [2.75, 3.05) is 33.2 Å². The van der Waals surface area contributed by atoms with Crippen LogP contribution in [0.25, 0.3) is 0 Å². The smallest absolute Gasteiger partial charge is 0.251 e. The molecule has 1 aliphatic heterocycles. The van der Waals surface area contributed by atoms with Crippen molar-refractivity contribution >= 4 is 41.8 Å². The summed E-state index contributed by atoms with van der Waals surface area (Å²) >= 11 is 0. The predicted octanol–water partition coefficient (Wildman–Crippen LogP) is 1.73. The fraction of sp³-hybridized carbons (Fsp3) is 0.526. The van der Waals surface area contributed by atoms with Gasteiger partial charge >= 0.3 is 0 Å². The summed E-state index contributed by atoms with van der Waals surface area (Å²) in [5, 5.41) is 9.14. The van der Waals surface area contributed by atoms with Gasteiger partial charge in [0.2, 0.25) is 5.91 Å². The Morgan fingerprint density at radius 1 is 1.30 bits per heavy atom. The Bertz CT molecular complexity index is 651. The zero-order valence-corrected chi connectivity index (χ0v) is 18.4. The van der Waals surface area contributed by atoms with Crippen molar-refractivity contribution < 1.29 is 9.59 Å². The first kappa shape index (κ1) is 23.2. The van der Waals surface area contributed by atoms with Crippen LogP contribution in [0.5, 0.6) is 0 Å². The van der Waals surface area contributed by atoms with E-state index in [1.54, 1.807) is 13.1 Å². The number of nitrogens with zero attached hydrogens (tertiary/aromatic N) is 2. The molecule has 0 atom stereocenters. The number of benzene rings is 1. The second kappa shape index (κ2) is 12.5. The maximum absolute atomic E-state index is 11.7. The third kappa shape index (κ3) is 7.74. The highest BCUT2D eigenvalue weighted by molar-refractivity contribution is 14.0. The first-order chi connectivity index (χ1) is 12.6.